The SMILES string of the molecule is COc1cccc2c1N(C(C)C(=O)O)C(C)(C)CC2C. The number of aliphatic carboxylic acids is 1. The molecule has 20 heavy (non-hydrogen) atoms. The number of rotatable bonds is 3. The fourth-order valence-corrected chi connectivity index (χ4v) is 3.45. The number of carbonyl (C=O) groups is 1. The molecule has 2 unspecified atom stereocenters. The van der Waals surface area contributed by atoms with Gasteiger partial charge in [0.15, 0.2) is 0 Å². The average Bonchev–Trinajstić information content (AvgIpc) is 2.36. The highest BCUT2D eigenvalue weighted by Gasteiger charge is 2.42. The lowest BCUT2D eigenvalue weighted by Crippen LogP contribution is -2.55. The minimum atomic E-state index is -0.815. The predicted octanol–water partition coefficient (Wildman–Crippen LogP) is 3.26. The van der Waals surface area contributed by atoms with Crippen LogP contribution in [0, 0.1) is 0 Å². The number of fused-ring (bicyclic) bond motifs is 1. The highest BCUT2D eigenvalue weighted by atomic mass is 16.5. The molecule has 0 bridgehead atoms. The number of anilines is 1. The number of ether oxygens (including phenoxy) is 1. The topological polar surface area (TPSA) is 49.8 Å². The zero-order valence-electron chi connectivity index (χ0n) is 12.8. The van der Waals surface area contributed by atoms with Gasteiger partial charge in [-0.05, 0) is 44.7 Å². The van der Waals surface area contributed by atoms with Gasteiger partial charge in [0, 0.05) is 5.54 Å². The van der Waals surface area contributed by atoms with E-state index >= 15 is 0 Å². The first-order chi connectivity index (χ1) is 9.29. The van der Waals surface area contributed by atoms with E-state index in [4.69, 9.17) is 4.74 Å². The number of hydrogen-bond donors (Lipinski definition) is 1. The van der Waals surface area contributed by atoms with E-state index in [1.54, 1.807) is 14.0 Å². The Morgan fingerprint density at radius 3 is 2.70 bits per heavy atom. The first kappa shape index (κ1) is 14.7. The smallest absolute Gasteiger partial charge is 0.326 e. The zero-order chi connectivity index (χ0) is 15.1. The fourth-order valence-electron chi connectivity index (χ4n) is 3.45. The molecule has 110 valence electrons. The van der Waals surface area contributed by atoms with Gasteiger partial charge in [-0.1, -0.05) is 19.1 Å². The van der Waals surface area contributed by atoms with Crippen molar-refractivity contribution in [2.24, 2.45) is 0 Å². The van der Waals surface area contributed by atoms with Crippen molar-refractivity contribution in [3.8, 4) is 5.75 Å². The van der Waals surface area contributed by atoms with Crippen LogP contribution in [-0.4, -0.2) is 29.8 Å². The van der Waals surface area contributed by atoms with E-state index in [-0.39, 0.29) is 5.54 Å². The Labute approximate surface area is 120 Å². The van der Waals surface area contributed by atoms with Gasteiger partial charge >= 0.3 is 5.97 Å². The summed E-state index contributed by atoms with van der Waals surface area (Å²) in [5.74, 6) is 0.312. The van der Waals surface area contributed by atoms with Gasteiger partial charge in [0.1, 0.15) is 11.8 Å². The van der Waals surface area contributed by atoms with E-state index in [0.717, 1.165) is 23.4 Å². The molecule has 0 saturated carbocycles. The van der Waals surface area contributed by atoms with Crippen molar-refractivity contribution in [3.63, 3.8) is 0 Å². The molecule has 1 aromatic rings. The quantitative estimate of drug-likeness (QED) is 0.921. The van der Waals surface area contributed by atoms with Gasteiger partial charge in [-0.15, -0.1) is 0 Å². The van der Waals surface area contributed by atoms with Crippen LogP contribution in [-0.2, 0) is 4.79 Å². The molecule has 1 N–H and O–H groups in total. The number of hydrogen-bond acceptors (Lipinski definition) is 3. The summed E-state index contributed by atoms with van der Waals surface area (Å²) in [7, 11) is 1.63. The molecule has 0 radical (unpaired) electrons. The van der Waals surface area contributed by atoms with Crippen molar-refractivity contribution in [2.45, 2.75) is 51.6 Å². The molecule has 0 aliphatic carbocycles. The van der Waals surface area contributed by atoms with Crippen LogP contribution in [0.2, 0.25) is 0 Å². The molecule has 0 spiro atoms. The number of para-hydroxylation sites is 1. The lowest BCUT2D eigenvalue weighted by atomic mass is 9.79. The summed E-state index contributed by atoms with van der Waals surface area (Å²) in [5.41, 5.74) is 1.87. The number of methoxy groups -OCH3 is 1. The van der Waals surface area contributed by atoms with Gasteiger partial charge in [-0.2, -0.15) is 0 Å². The Balaban J connectivity index is 2.66. The lowest BCUT2D eigenvalue weighted by molar-refractivity contribution is -0.138. The fraction of sp³-hybridized carbons (Fsp3) is 0.562. The number of nitrogens with zero attached hydrogens (tertiary/aromatic N) is 1. The summed E-state index contributed by atoms with van der Waals surface area (Å²) >= 11 is 0. The number of benzene rings is 1. The standard InChI is InChI=1S/C16H23NO3/c1-10-9-16(3,4)17(11(2)15(18)19)14-12(10)7-6-8-13(14)20-5/h6-8,10-11H,9H2,1-5H3,(H,18,19). The summed E-state index contributed by atoms with van der Waals surface area (Å²) in [6.45, 7) is 8.11. The van der Waals surface area contributed by atoms with Crippen molar-refractivity contribution in [3.05, 3.63) is 23.8 Å². The molecule has 0 aromatic heterocycles. The van der Waals surface area contributed by atoms with E-state index in [1.807, 2.05) is 17.0 Å². The van der Waals surface area contributed by atoms with E-state index < -0.39 is 12.0 Å². The van der Waals surface area contributed by atoms with Crippen LogP contribution in [0.15, 0.2) is 18.2 Å². The van der Waals surface area contributed by atoms with Crippen LogP contribution in [0.4, 0.5) is 5.69 Å². The maximum atomic E-state index is 11.5. The first-order valence-electron chi connectivity index (χ1n) is 6.98. The Hall–Kier alpha value is -1.71. The second-order valence-corrected chi connectivity index (χ2v) is 6.20. The van der Waals surface area contributed by atoms with Gasteiger partial charge in [0.25, 0.3) is 0 Å². The van der Waals surface area contributed by atoms with Crippen LogP contribution in [0.3, 0.4) is 0 Å². The van der Waals surface area contributed by atoms with Gasteiger partial charge in [0.2, 0.25) is 0 Å². The highest BCUT2D eigenvalue weighted by Crippen LogP contribution is 2.48. The summed E-state index contributed by atoms with van der Waals surface area (Å²) in [6.07, 6.45) is 0.921. The van der Waals surface area contributed by atoms with Crippen molar-refractivity contribution in [2.75, 3.05) is 12.0 Å². The molecule has 1 aliphatic rings. The number of carboxylic acid groups (broad SMARTS) is 1. The first-order valence-corrected chi connectivity index (χ1v) is 6.98. The summed E-state index contributed by atoms with van der Waals surface area (Å²) in [4.78, 5) is 13.5. The Morgan fingerprint density at radius 2 is 2.15 bits per heavy atom. The van der Waals surface area contributed by atoms with Gasteiger partial charge < -0.3 is 14.7 Å². The van der Waals surface area contributed by atoms with E-state index in [2.05, 4.69) is 26.8 Å². The van der Waals surface area contributed by atoms with Crippen LogP contribution < -0.4 is 9.64 Å². The summed E-state index contributed by atoms with van der Waals surface area (Å²) in [6, 6.07) is 5.34. The van der Waals surface area contributed by atoms with Crippen LogP contribution >= 0.6 is 0 Å². The molecule has 4 heteroatoms. The summed E-state index contributed by atoms with van der Waals surface area (Å²) in [5, 5.41) is 9.44. The Bertz CT molecular complexity index is 524. The predicted molar refractivity (Wildman–Crippen MR) is 79.7 cm³/mol. The molecule has 0 fully saturated rings. The van der Waals surface area contributed by atoms with Gasteiger partial charge in [-0.25, -0.2) is 4.79 Å². The van der Waals surface area contributed by atoms with Crippen LogP contribution in [0.1, 0.15) is 45.6 Å². The third kappa shape index (κ3) is 2.23. The van der Waals surface area contributed by atoms with E-state index in [0.29, 0.717) is 5.92 Å². The third-order valence-electron chi connectivity index (χ3n) is 4.22. The Morgan fingerprint density at radius 1 is 1.50 bits per heavy atom. The molecule has 4 nitrogen and oxygen atoms in total. The lowest BCUT2D eigenvalue weighted by Gasteiger charge is -2.49. The largest absolute Gasteiger partial charge is 0.495 e. The molecule has 1 aliphatic heterocycles. The van der Waals surface area contributed by atoms with Crippen LogP contribution in [0.5, 0.6) is 5.75 Å². The van der Waals surface area contributed by atoms with E-state index in [1.165, 1.54) is 0 Å². The molecular formula is C16H23NO3. The van der Waals surface area contributed by atoms with Crippen LogP contribution in [0.25, 0.3) is 0 Å². The molecule has 2 atom stereocenters. The van der Waals surface area contributed by atoms with Gasteiger partial charge in [0.05, 0.1) is 12.8 Å². The second-order valence-electron chi connectivity index (χ2n) is 6.20. The van der Waals surface area contributed by atoms with Crippen molar-refractivity contribution < 1.29 is 14.6 Å². The van der Waals surface area contributed by atoms with Crippen molar-refractivity contribution >= 4 is 11.7 Å². The monoisotopic (exact) mass is 277 g/mol. The summed E-state index contributed by atoms with van der Waals surface area (Å²) < 4.78 is 5.48. The number of carboxylic acids is 1. The molecule has 0 saturated heterocycles. The zero-order valence-corrected chi connectivity index (χ0v) is 12.8. The molecular weight excluding hydrogens is 254 g/mol. The molecule has 0 amide bonds. The van der Waals surface area contributed by atoms with Crippen molar-refractivity contribution in [1.29, 1.82) is 0 Å². The van der Waals surface area contributed by atoms with Crippen molar-refractivity contribution in [1.82, 2.24) is 0 Å². The normalized spacial score (nSPS) is 22.1. The van der Waals surface area contributed by atoms with Gasteiger partial charge in [-0.3, -0.25) is 0 Å². The molecule has 2 rings (SSSR count). The minimum Gasteiger partial charge on any atom is -0.495 e. The Kier molecular flexibility index (Phi) is 3.67. The average molecular weight is 277 g/mol. The second kappa shape index (κ2) is 5.00. The van der Waals surface area contributed by atoms with E-state index in [9.17, 15) is 9.90 Å². The highest BCUT2D eigenvalue weighted by molar-refractivity contribution is 5.81. The molecule has 1 heterocycles. The molecule has 1 aromatic carbocycles. The minimum absolute atomic E-state index is 0.223. The maximum Gasteiger partial charge on any atom is 0.326 e. The maximum absolute atomic E-state index is 11.5. The third-order valence-corrected chi connectivity index (χ3v) is 4.22.